The zero-order valence-corrected chi connectivity index (χ0v) is 25.8. The topological polar surface area (TPSA) is 99.6 Å². The first-order valence-corrected chi connectivity index (χ1v) is 15.3. The van der Waals surface area contributed by atoms with E-state index in [9.17, 15) is 19.5 Å². The van der Waals surface area contributed by atoms with Gasteiger partial charge in [-0.3, -0.25) is 14.4 Å². The zero-order valence-electron chi connectivity index (χ0n) is 25.8. The summed E-state index contributed by atoms with van der Waals surface area (Å²) in [6.07, 6.45) is 4.70. The summed E-state index contributed by atoms with van der Waals surface area (Å²) in [5.41, 5.74) is -0.471. The minimum Gasteiger partial charge on any atom is -0.465 e. The first-order valence-electron chi connectivity index (χ1n) is 15.3. The third kappa shape index (κ3) is 4.94. The molecule has 2 bridgehead atoms. The van der Waals surface area contributed by atoms with Crippen molar-refractivity contribution >= 4 is 29.2 Å². The number of nitrogens with zero attached hydrogens (tertiary/aromatic N) is 3. The standard InChI is InChI=1S/C33H47N3O6/c1-8-13-19-41-31(40)27-26-29(38)36(23(10-3)21-37)28(33(26)20-22(6)32(27,7)42-33)30(39)35(18-9-2)25-16-14-24(15-17-25)34(11-4)12-5/h8-9,14-17,22-23,26-28,37H,1-2,10-13,18-21H2,3-7H3/t22?,23-,26-,27-,28?,32+,33?/m0/s1. The van der Waals surface area contributed by atoms with E-state index in [-0.39, 0.29) is 37.5 Å². The van der Waals surface area contributed by atoms with Crippen LogP contribution in [0.3, 0.4) is 0 Å². The van der Waals surface area contributed by atoms with Crippen molar-refractivity contribution in [2.45, 2.75) is 77.2 Å². The Labute approximate surface area is 250 Å². The van der Waals surface area contributed by atoms with Crippen molar-refractivity contribution in [1.29, 1.82) is 0 Å². The Kier molecular flexibility index (Phi) is 9.52. The molecule has 42 heavy (non-hydrogen) atoms. The van der Waals surface area contributed by atoms with Gasteiger partial charge in [-0.05, 0) is 70.2 Å². The molecule has 9 heteroatoms. The minimum atomic E-state index is -1.23. The number of ether oxygens (including phenoxy) is 2. The smallest absolute Gasteiger partial charge is 0.312 e. The fourth-order valence-electron chi connectivity index (χ4n) is 7.49. The highest BCUT2D eigenvalue weighted by Crippen LogP contribution is 2.65. The molecule has 0 aliphatic carbocycles. The number of amides is 2. The molecule has 0 radical (unpaired) electrons. The van der Waals surface area contributed by atoms with Crippen LogP contribution in [-0.4, -0.2) is 83.9 Å². The minimum absolute atomic E-state index is 0.107. The highest BCUT2D eigenvalue weighted by Gasteiger charge is 2.80. The zero-order chi connectivity index (χ0) is 30.8. The lowest BCUT2D eigenvalue weighted by molar-refractivity contribution is -0.162. The summed E-state index contributed by atoms with van der Waals surface area (Å²) in [6.45, 7) is 19.3. The van der Waals surface area contributed by atoms with Gasteiger partial charge in [-0.2, -0.15) is 0 Å². The fraction of sp³-hybridized carbons (Fsp3) is 0.606. The molecule has 1 spiro atoms. The van der Waals surface area contributed by atoms with Gasteiger partial charge in [0.05, 0.1) is 30.8 Å². The number of fused-ring (bicyclic) bond motifs is 1. The molecular formula is C33H47N3O6. The Morgan fingerprint density at radius 1 is 1.17 bits per heavy atom. The van der Waals surface area contributed by atoms with E-state index in [0.29, 0.717) is 24.9 Å². The van der Waals surface area contributed by atoms with E-state index in [2.05, 4.69) is 31.9 Å². The molecule has 3 aliphatic rings. The number of esters is 1. The molecule has 1 N–H and O–H groups in total. The number of aliphatic hydroxyl groups excluding tert-OH is 1. The second-order valence-corrected chi connectivity index (χ2v) is 11.9. The lowest BCUT2D eigenvalue weighted by Gasteiger charge is -2.39. The lowest BCUT2D eigenvalue weighted by atomic mass is 9.62. The van der Waals surface area contributed by atoms with Crippen molar-refractivity contribution in [3.63, 3.8) is 0 Å². The van der Waals surface area contributed by atoms with Crippen LogP contribution in [0.25, 0.3) is 0 Å². The van der Waals surface area contributed by atoms with Gasteiger partial charge < -0.3 is 29.3 Å². The van der Waals surface area contributed by atoms with Crippen LogP contribution >= 0.6 is 0 Å². The van der Waals surface area contributed by atoms with Crippen molar-refractivity contribution in [1.82, 2.24) is 4.90 Å². The molecule has 1 aromatic carbocycles. The summed E-state index contributed by atoms with van der Waals surface area (Å²) < 4.78 is 12.4. The molecular weight excluding hydrogens is 534 g/mol. The number of aliphatic hydroxyl groups is 1. The Morgan fingerprint density at radius 2 is 1.81 bits per heavy atom. The van der Waals surface area contributed by atoms with Crippen molar-refractivity contribution in [3.05, 3.63) is 49.6 Å². The first kappa shape index (κ1) is 31.8. The molecule has 1 aromatic rings. The van der Waals surface area contributed by atoms with Gasteiger partial charge in [0.2, 0.25) is 5.91 Å². The van der Waals surface area contributed by atoms with Gasteiger partial charge >= 0.3 is 5.97 Å². The molecule has 3 unspecified atom stereocenters. The number of benzene rings is 1. The molecule has 2 amide bonds. The number of carbonyl (C=O) groups is 3. The number of likely N-dealkylation sites (tertiary alicyclic amines) is 1. The van der Waals surface area contributed by atoms with Crippen molar-refractivity contribution in [2.24, 2.45) is 17.8 Å². The molecule has 0 aromatic heterocycles. The number of hydrogen-bond donors (Lipinski definition) is 1. The SMILES string of the molecule is C=CCCOC(=O)[C@@H]1[C@H]2C(=O)N([C@@H](CC)CO)C(C(=O)N(CC=C)c3ccc(N(CC)CC)cc3)C23CC(C)[C@@]1(C)O3. The van der Waals surface area contributed by atoms with Crippen LogP contribution in [0.1, 0.15) is 53.9 Å². The van der Waals surface area contributed by atoms with Gasteiger partial charge in [0.1, 0.15) is 17.6 Å². The largest absolute Gasteiger partial charge is 0.465 e. The van der Waals surface area contributed by atoms with E-state index in [1.165, 1.54) is 4.90 Å². The molecule has 9 nitrogen and oxygen atoms in total. The molecule has 4 rings (SSSR count). The second kappa shape index (κ2) is 12.6. The van der Waals surface area contributed by atoms with E-state index in [0.717, 1.165) is 18.8 Å². The average molecular weight is 582 g/mol. The number of anilines is 2. The maximum atomic E-state index is 14.8. The van der Waals surface area contributed by atoms with Crippen LogP contribution in [0.2, 0.25) is 0 Å². The van der Waals surface area contributed by atoms with Crippen molar-refractivity contribution < 1.29 is 29.0 Å². The number of hydrogen-bond acceptors (Lipinski definition) is 7. The van der Waals surface area contributed by atoms with Gasteiger partial charge in [-0.15, -0.1) is 13.2 Å². The summed E-state index contributed by atoms with van der Waals surface area (Å²) in [5.74, 6) is -3.01. The summed E-state index contributed by atoms with van der Waals surface area (Å²) in [7, 11) is 0. The number of carbonyl (C=O) groups excluding carboxylic acids is 3. The Balaban J connectivity index is 1.80. The first-order chi connectivity index (χ1) is 20.1. The van der Waals surface area contributed by atoms with Gasteiger partial charge in [-0.25, -0.2) is 0 Å². The van der Waals surface area contributed by atoms with E-state index >= 15 is 0 Å². The predicted octanol–water partition coefficient (Wildman–Crippen LogP) is 3.95. The molecule has 0 saturated carbocycles. The van der Waals surface area contributed by atoms with Crippen LogP contribution in [0.15, 0.2) is 49.6 Å². The van der Waals surface area contributed by atoms with Crippen LogP contribution in [-0.2, 0) is 23.9 Å². The van der Waals surface area contributed by atoms with Crippen LogP contribution in [0.5, 0.6) is 0 Å². The van der Waals surface area contributed by atoms with Gasteiger partial charge in [0.25, 0.3) is 5.91 Å². The molecule has 3 heterocycles. The molecule has 3 saturated heterocycles. The van der Waals surface area contributed by atoms with Gasteiger partial charge in [-0.1, -0.05) is 26.0 Å². The van der Waals surface area contributed by atoms with E-state index in [1.54, 1.807) is 17.1 Å². The molecule has 7 atom stereocenters. The highest BCUT2D eigenvalue weighted by molar-refractivity contribution is 6.05. The summed E-state index contributed by atoms with van der Waals surface area (Å²) >= 11 is 0. The average Bonchev–Trinajstić information content (AvgIpc) is 3.50. The van der Waals surface area contributed by atoms with E-state index in [4.69, 9.17) is 9.47 Å². The Morgan fingerprint density at radius 3 is 2.36 bits per heavy atom. The molecule has 3 aliphatic heterocycles. The van der Waals surface area contributed by atoms with Gasteiger partial charge in [0, 0.05) is 31.0 Å². The second-order valence-electron chi connectivity index (χ2n) is 11.9. The third-order valence-corrected chi connectivity index (χ3v) is 9.75. The predicted molar refractivity (Wildman–Crippen MR) is 163 cm³/mol. The number of rotatable bonds is 14. The maximum Gasteiger partial charge on any atom is 0.312 e. The van der Waals surface area contributed by atoms with Crippen LogP contribution in [0, 0.1) is 17.8 Å². The summed E-state index contributed by atoms with van der Waals surface area (Å²) in [4.78, 5) is 48.0. The van der Waals surface area contributed by atoms with E-state index in [1.807, 2.05) is 45.0 Å². The van der Waals surface area contributed by atoms with Crippen molar-refractivity contribution in [3.8, 4) is 0 Å². The monoisotopic (exact) mass is 581 g/mol. The quantitative estimate of drug-likeness (QED) is 0.202. The summed E-state index contributed by atoms with van der Waals surface area (Å²) in [6, 6.07) is 6.16. The van der Waals surface area contributed by atoms with Crippen molar-refractivity contribution in [2.75, 3.05) is 42.6 Å². The van der Waals surface area contributed by atoms with Gasteiger partial charge in [0.15, 0.2) is 0 Å². The highest BCUT2D eigenvalue weighted by atomic mass is 16.6. The lowest BCUT2D eigenvalue weighted by Crippen LogP contribution is -2.59. The summed E-state index contributed by atoms with van der Waals surface area (Å²) in [5, 5.41) is 10.4. The third-order valence-electron chi connectivity index (χ3n) is 9.75. The maximum absolute atomic E-state index is 14.8. The van der Waals surface area contributed by atoms with Crippen LogP contribution < -0.4 is 9.80 Å². The molecule has 3 fully saturated rings. The Bertz CT molecular complexity index is 1180. The van der Waals surface area contributed by atoms with Crippen LogP contribution in [0.4, 0.5) is 11.4 Å². The molecule has 230 valence electrons. The Hall–Kier alpha value is -3.17. The van der Waals surface area contributed by atoms with E-state index < -0.39 is 41.1 Å². The normalized spacial score (nSPS) is 30.1. The fourth-order valence-corrected chi connectivity index (χ4v) is 7.49.